The fraction of sp³-hybridized carbons (Fsp3) is 0.0769. The van der Waals surface area contributed by atoms with Crippen LogP contribution in [-0.4, -0.2) is 16.1 Å². The average molecular weight is 335 g/mol. The number of carbonyl (C=O) groups is 1. The number of nitrogens with zero attached hydrogens (tertiary/aromatic N) is 1. The molecule has 20 heavy (non-hydrogen) atoms. The van der Waals surface area contributed by atoms with Gasteiger partial charge in [-0.05, 0) is 24.3 Å². The molecule has 3 nitrogen and oxygen atoms in total. The molecule has 0 saturated heterocycles. The van der Waals surface area contributed by atoms with E-state index < -0.39 is 11.9 Å². The lowest BCUT2D eigenvalue weighted by molar-refractivity contribution is -0.136. The number of carboxylic acid groups (broad SMARTS) is 1. The molecule has 0 aliphatic rings. The molecule has 0 spiro atoms. The Balaban J connectivity index is 2.51. The van der Waals surface area contributed by atoms with Gasteiger partial charge in [0.05, 0.1) is 22.2 Å². The zero-order chi connectivity index (χ0) is 14.9. The highest BCUT2D eigenvalue weighted by Crippen LogP contribution is 2.37. The molecule has 7 heteroatoms. The van der Waals surface area contributed by atoms with Crippen LogP contribution in [0.3, 0.4) is 0 Å². The average Bonchev–Trinajstić information content (AvgIpc) is 2.33. The maximum absolute atomic E-state index is 14.0. The summed E-state index contributed by atoms with van der Waals surface area (Å²) in [7, 11) is 0. The Morgan fingerprint density at radius 3 is 2.50 bits per heavy atom. The zero-order valence-corrected chi connectivity index (χ0v) is 12.1. The second-order valence-electron chi connectivity index (χ2n) is 3.96. The van der Waals surface area contributed by atoms with Crippen LogP contribution in [0.2, 0.25) is 15.1 Å². The van der Waals surface area contributed by atoms with Crippen molar-refractivity contribution in [3.8, 4) is 11.1 Å². The van der Waals surface area contributed by atoms with Gasteiger partial charge in [0.2, 0.25) is 5.95 Å². The summed E-state index contributed by atoms with van der Waals surface area (Å²) in [5.74, 6) is -1.92. The number of hydrogen-bond donors (Lipinski definition) is 1. The minimum atomic E-state index is -1.09. The summed E-state index contributed by atoms with van der Waals surface area (Å²) in [5.41, 5.74) is 0.521. The van der Waals surface area contributed by atoms with E-state index in [1.54, 1.807) is 0 Å². The van der Waals surface area contributed by atoms with Crippen LogP contribution in [0.4, 0.5) is 4.39 Å². The zero-order valence-electron chi connectivity index (χ0n) is 9.83. The van der Waals surface area contributed by atoms with E-state index in [0.29, 0.717) is 10.6 Å². The number of benzene rings is 1. The Kier molecular flexibility index (Phi) is 4.48. The Labute approximate surface area is 128 Å². The van der Waals surface area contributed by atoms with Gasteiger partial charge in [-0.15, -0.1) is 0 Å². The van der Waals surface area contributed by atoms with Crippen molar-refractivity contribution in [3.05, 3.63) is 51.0 Å². The Morgan fingerprint density at radius 2 is 1.90 bits per heavy atom. The maximum Gasteiger partial charge on any atom is 0.309 e. The van der Waals surface area contributed by atoms with Gasteiger partial charge in [-0.2, -0.15) is 4.39 Å². The minimum absolute atomic E-state index is 0.105. The predicted molar refractivity (Wildman–Crippen MR) is 76.0 cm³/mol. The molecule has 0 bridgehead atoms. The van der Waals surface area contributed by atoms with Gasteiger partial charge in [-0.1, -0.05) is 34.8 Å². The summed E-state index contributed by atoms with van der Waals surface area (Å²) in [5, 5.41) is 9.30. The van der Waals surface area contributed by atoms with Crippen molar-refractivity contribution in [2.45, 2.75) is 6.42 Å². The van der Waals surface area contributed by atoms with Crippen molar-refractivity contribution < 1.29 is 14.3 Å². The third kappa shape index (κ3) is 3.20. The SMILES string of the molecule is O=C(O)Cc1ccc(-c2cc(Cl)cc(Cl)c2Cl)c(F)n1. The van der Waals surface area contributed by atoms with Crippen molar-refractivity contribution in [3.63, 3.8) is 0 Å². The van der Waals surface area contributed by atoms with Crippen LogP contribution in [0.1, 0.15) is 5.69 Å². The van der Waals surface area contributed by atoms with Crippen molar-refractivity contribution >= 4 is 40.8 Å². The normalized spacial score (nSPS) is 10.6. The van der Waals surface area contributed by atoms with E-state index in [-0.39, 0.29) is 27.7 Å². The van der Waals surface area contributed by atoms with E-state index in [1.807, 2.05) is 0 Å². The van der Waals surface area contributed by atoms with Crippen LogP contribution < -0.4 is 0 Å². The molecule has 0 saturated carbocycles. The molecule has 0 fully saturated rings. The van der Waals surface area contributed by atoms with E-state index >= 15 is 0 Å². The fourth-order valence-corrected chi connectivity index (χ4v) is 2.38. The van der Waals surface area contributed by atoms with Crippen LogP contribution >= 0.6 is 34.8 Å². The lowest BCUT2D eigenvalue weighted by Gasteiger charge is -2.08. The first kappa shape index (κ1) is 15.0. The summed E-state index contributed by atoms with van der Waals surface area (Å²) in [6.45, 7) is 0. The first-order valence-electron chi connectivity index (χ1n) is 5.40. The second kappa shape index (κ2) is 5.95. The van der Waals surface area contributed by atoms with Gasteiger partial charge in [0.15, 0.2) is 0 Å². The molecule has 1 aromatic heterocycles. The molecule has 0 atom stereocenters. The third-order valence-electron chi connectivity index (χ3n) is 2.52. The molecule has 0 unspecified atom stereocenters. The summed E-state index contributed by atoms with van der Waals surface area (Å²) in [6.07, 6.45) is -0.360. The number of aliphatic carboxylic acids is 1. The van der Waals surface area contributed by atoms with Gasteiger partial charge in [-0.3, -0.25) is 4.79 Å². The van der Waals surface area contributed by atoms with Crippen LogP contribution in [-0.2, 0) is 11.2 Å². The molecule has 0 radical (unpaired) electrons. The first-order valence-corrected chi connectivity index (χ1v) is 6.54. The van der Waals surface area contributed by atoms with Gasteiger partial charge in [0.25, 0.3) is 0 Å². The highest BCUT2D eigenvalue weighted by Gasteiger charge is 2.15. The topological polar surface area (TPSA) is 50.2 Å². The van der Waals surface area contributed by atoms with Crippen molar-refractivity contribution in [2.75, 3.05) is 0 Å². The number of hydrogen-bond acceptors (Lipinski definition) is 2. The van der Waals surface area contributed by atoms with Crippen LogP contribution in [0.5, 0.6) is 0 Å². The molecule has 1 heterocycles. The monoisotopic (exact) mass is 333 g/mol. The van der Waals surface area contributed by atoms with Crippen molar-refractivity contribution in [1.29, 1.82) is 0 Å². The highest BCUT2D eigenvalue weighted by molar-refractivity contribution is 6.45. The molecule has 2 rings (SSSR count). The fourth-order valence-electron chi connectivity index (χ4n) is 1.68. The van der Waals surface area contributed by atoms with Crippen LogP contribution in [0.25, 0.3) is 11.1 Å². The van der Waals surface area contributed by atoms with Gasteiger partial charge < -0.3 is 5.11 Å². The van der Waals surface area contributed by atoms with E-state index in [9.17, 15) is 9.18 Å². The summed E-state index contributed by atoms with van der Waals surface area (Å²) >= 11 is 17.8. The summed E-state index contributed by atoms with van der Waals surface area (Å²) in [4.78, 5) is 14.2. The van der Waals surface area contributed by atoms with E-state index in [0.717, 1.165) is 0 Å². The van der Waals surface area contributed by atoms with Gasteiger partial charge >= 0.3 is 5.97 Å². The molecule has 0 amide bonds. The quantitative estimate of drug-likeness (QED) is 0.665. The molecule has 0 aliphatic carbocycles. The molecular formula is C13H7Cl3FNO2. The Hall–Kier alpha value is -1.36. The maximum atomic E-state index is 14.0. The number of carboxylic acids is 1. The van der Waals surface area contributed by atoms with E-state index in [4.69, 9.17) is 39.9 Å². The molecule has 104 valence electrons. The molecule has 1 aromatic carbocycles. The smallest absolute Gasteiger partial charge is 0.309 e. The van der Waals surface area contributed by atoms with Crippen molar-refractivity contribution in [1.82, 2.24) is 4.98 Å². The molecule has 1 N–H and O–H groups in total. The standard InChI is InChI=1S/C13H7Cl3FNO2/c14-6-3-9(12(16)10(15)4-6)8-2-1-7(5-11(19)20)18-13(8)17/h1-4H,5H2,(H,19,20). The van der Waals surface area contributed by atoms with E-state index in [2.05, 4.69) is 4.98 Å². The second-order valence-corrected chi connectivity index (χ2v) is 5.18. The number of pyridine rings is 1. The minimum Gasteiger partial charge on any atom is -0.481 e. The summed E-state index contributed by atoms with van der Waals surface area (Å²) in [6, 6.07) is 5.72. The van der Waals surface area contributed by atoms with E-state index in [1.165, 1.54) is 24.3 Å². The van der Waals surface area contributed by atoms with Gasteiger partial charge in [0, 0.05) is 16.1 Å². The number of aromatic nitrogens is 1. The lowest BCUT2D eigenvalue weighted by atomic mass is 10.1. The third-order valence-corrected chi connectivity index (χ3v) is 3.54. The molecule has 2 aromatic rings. The Bertz CT molecular complexity index is 692. The lowest BCUT2D eigenvalue weighted by Crippen LogP contribution is -2.04. The van der Waals surface area contributed by atoms with Crippen LogP contribution in [0.15, 0.2) is 24.3 Å². The Morgan fingerprint density at radius 1 is 1.20 bits per heavy atom. The largest absolute Gasteiger partial charge is 0.481 e. The number of halogens is 4. The number of rotatable bonds is 3. The molecule has 0 aliphatic heterocycles. The first-order chi connectivity index (χ1) is 9.38. The van der Waals surface area contributed by atoms with Crippen molar-refractivity contribution in [2.24, 2.45) is 0 Å². The van der Waals surface area contributed by atoms with Crippen LogP contribution in [0, 0.1) is 5.95 Å². The van der Waals surface area contributed by atoms with Gasteiger partial charge in [-0.25, -0.2) is 4.98 Å². The van der Waals surface area contributed by atoms with Gasteiger partial charge in [0.1, 0.15) is 0 Å². The summed E-state index contributed by atoms with van der Waals surface area (Å²) < 4.78 is 14.0. The molecular weight excluding hydrogens is 328 g/mol. The highest BCUT2D eigenvalue weighted by atomic mass is 35.5. The predicted octanol–water partition coefficient (Wildman–Crippen LogP) is 4.48.